The van der Waals surface area contributed by atoms with Gasteiger partial charge in [-0.05, 0) is 24.5 Å². The molecule has 0 bridgehead atoms. The number of aryl methyl sites for hydroxylation is 1. The third kappa shape index (κ3) is 4.03. The van der Waals surface area contributed by atoms with Crippen LogP contribution in [0.5, 0.6) is 0 Å². The minimum atomic E-state index is -0.727. The first-order chi connectivity index (χ1) is 14.0. The summed E-state index contributed by atoms with van der Waals surface area (Å²) in [4.78, 5) is 34.4. The van der Waals surface area contributed by atoms with Crippen molar-refractivity contribution >= 4 is 22.8 Å². The molecule has 0 spiro atoms. The molecule has 0 saturated heterocycles. The minimum Gasteiger partial charge on any atom is -0.309 e. The SMILES string of the molecule is Cn1ncc2c(=O)n(C(CC3CCCCC3)C(=O)Nc3ccc(F)cn3)cnc21. The number of pyridine rings is 1. The van der Waals surface area contributed by atoms with E-state index in [-0.39, 0.29) is 17.3 Å². The molecule has 1 unspecified atom stereocenters. The largest absolute Gasteiger partial charge is 0.309 e. The maximum atomic E-state index is 13.1. The monoisotopic (exact) mass is 398 g/mol. The predicted molar refractivity (Wildman–Crippen MR) is 106 cm³/mol. The van der Waals surface area contributed by atoms with Crippen LogP contribution in [-0.2, 0) is 11.8 Å². The number of nitrogens with zero attached hydrogens (tertiary/aromatic N) is 5. The van der Waals surface area contributed by atoms with E-state index in [1.807, 2.05) is 0 Å². The number of aromatic nitrogens is 5. The third-order valence-electron chi connectivity index (χ3n) is 5.58. The van der Waals surface area contributed by atoms with E-state index < -0.39 is 11.9 Å². The number of hydrogen-bond donors (Lipinski definition) is 1. The summed E-state index contributed by atoms with van der Waals surface area (Å²) in [5.41, 5.74) is 0.175. The lowest BCUT2D eigenvalue weighted by Gasteiger charge is -2.27. The fourth-order valence-electron chi connectivity index (χ4n) is 4.01. The maximum Gasteiger partial charge on any atom is 0.265 e. The van der Waals surface area contributed by atoms with Gasteiger partial charge in [-0.1, -0.05) is 32.1 Å². The van der Waals surface area contributed by atoms with Crippen LogP contribution >= 0.6 is 0 Å². The summed E-state index contributed by atoms with van der Waals surface area (Å²) in [5.74, 6) is -0.239. The molecule has 9 heteroatoms. The zero-order valence-electron chi connectivity index (χ0n) is 16.2. The number of carbonyl (C=O) groups excluding carboxylic acids is 1. The highest BCUT2D eigenvalue weighted by atomic mass is 19.1. The summed E-state index contributed by atoms with van der Waals surface area (Å²) in [6.45, 7) is 0. The molecule has 29 heavy (non-hydrogen) atoms. The molecule has 0 radical (unpaired) electrons. The van der Waals surface area contributed by atoms with Crippen LogP contribution < -0.4 is 10.9 Å². The van der Waals surface area contributed by atoms with Crippen LogP contribution in [0.1, 0.15) is 44.6 Å². The third-order valence-corrected chi connectivity index (χ3v) is 5.58. The molecule has 4 rings (SSSR count). The van der Waals surface area contributed by atoms with Gasteiger partial charge in [0.25, 0.3) is 5.56 Å². The van der Waals surface area contributed by atoms with E-state index in [0.29, 0.717) is 23.4 Å². The number of halogens is 1. The zero-order valence-corrected chi connectivity index (χ0v) is 16.2. The summed E-state index contributed by atoms with van der Waals surface area (Å²) in [6.07, 6.45) is 10.0. The number of nitrogens with one attached hydrogen (secondary N) is 1. The molecule has 3 heterocycles. The quantitative estimate of drug-likeness (QED) is 0.713. The fraction of sp³-hybridized carbons (Fsp3) is 0.450. The van der Waals surface area contributed by atoms with Crippen LogP contribution in [-0.4, -0.2) is 30.2 Å². The van der Waals surface area contributed by atoms with Gasteiger partial charge in [0.2, 0.25) is 5.91 Å². The Bertz CT molecular complexity index is 1070. The average Bonchev–Trinajstić information content (AvgIpc) is 3.11. The molecule has 1 amide bonds. The van der Waals surface area contributed by atoms with Crippen molar-refractivity contribution in [3.05, 3.63) is 47.0 Å². The van der Waals surface area contributed by atoms with Gasteiger partial charge in [0, 0.05) is 7.05 Å². The molecule has 8 nitrogen and oxygen atoms in total. The van der Waals surface area contributed by atoms with Crippen molar-refractivity contribution in [2.75, 3.05) is 5.32 Å². The molecule has 0 aromatic carbocycles. The van der Waals surface area contributed by atoms with Gasteiger partial charge in [-0.2, -0.15) is 5.10 Å². The topological polar surface area (TPSA) is 94.7 Å². The number of fused-ring (bicyclic) bond motifs is 1. The average molecular weight is 398 g/mol. The number of carbonyl (C=O) groups is 1. The molecule has 1 saturated carbocycles. The van der Waals surface area contributed by atoms with Crippen LogP contribution in [0.25, 0.3) is 11.0 Å². The first-order valence-electron chi connectivity index (χ1n) is 9.84. The molecular formula is C20H23FN6O2. The van der Waals surface area contributed by atoms with Crippen LogP contribution in [0.4, 0.5) is 10.2 Å². The van der Waals surface area contributed by atoms with Gasteiger partial charge in [0.15, 0.2) is 5.65 Å². The molecule has 1 fully saturated rings. The first-order valence-corrected chi connectivity index (χ1v) is 9.84. The molecule has 1 aliphatic carbocycles. The second-order valence-corrected chi connectivity index (χ2v) is 7.57. The number of amides is 1. The number of anilines is 1. The first kappa shape index (κ1) is 19.2. The smallest absolute Gasteiger partial charge is 0.265 e. The second-order valence-electron chi connectivity index (χ2n) is 7.57. The summed E-state index contributed by atoms with van der Waals surface area (Å²) < 4.78 is 16.0. The Balaban J connectivity index is 1.67. The predicted octanol–water partition coefficient (Wildman–Crippen LogP) is 2.81. The Morgan fingerprint density at radius 1 is 1.24 bits per heavy atom. The summed E-state index contributed by atoms with van der Waals surface area (Å²) in [5, 5.41) is 7.17. The van der Waals surface area contributed by atoms with Gasteiger partial charge in [0.1, 0.15) is 29.4 Å². The Morgan fingerprint density at radius 3 is 2.76 bits per heavy atom. The van der Waals surface area contributed by atoms with Gasteiger partial charge in [-0.25, -0.2) is 14.4 Å². The Morgan fingerprint density at radius 2 is 2.03 bits per heavy atom. The lowest BCUT2D eigenvalue weighted by molar-refractivity contribution is -0.120. The lowest BCUT2D eigenvalue weighted by atomic mass is 9.84. The molecule has 1 N–H and O–H groups in total. The normalized spacial score (nSPS) is 16.1. The highest BCUT2D eigenvalue weighted by Gasteiger charge is 2.28. The second kappa shape index (κ2) is 8.10. The molecular weight excluding hydrogens is 375 g/mol. The zero-order chi connectivity index (χ0) is 20.4. The molecule has 3 aromatic rings. The molecule has 0 aliphatic heterocycles. The Hall–Kier alpha value is -3.10. The van der Waals surface area contributed by atoms with Crippen molar-refractivity contribution in [3.63, 3.8) is 0 Å². The lowest BCUT2D eigenvalue weighted by Crippen LogP contribution is -2.35. The van der Waals surface area contributed by atoms with Crippen molar-refractivity contribution in [1.29, 1.82) is 0 Å². The van der Waals surface area contributed by atoms with E-state index in [9.17, 15) is 14.0 Å². The van der Waals surface area contributed by atoms with E-state index in [0.717, 1.165) is 31.9 Å². The van der Waals surface area contributed by atoms with Crippen LogP contribution in [0.2, 0.25) is 0 Å². The Kier molecular flexibility index (Phi) is 5.37. The van der Waals surface area contributed by atoms with Crippen molar-refractivity contribution < 1.29 is 9.18 Å². The Labute approximate surface area is 166 Å². The van der Waals surface area contributed by atoms with E-state index in [1.54, 1.807) is 7.05 Å². The minimum absolute atomic E-state index is 0.244. The van der Waals surface area contributed by atoms with E-state index in [1.165, 1.54) is 40.3 Å². The van der Waals surface area contributed by atoms with Gasteiger partial charge in [-0.15, -0.1) is 0 Å². The summed E-state index contributed by atoms with van der Waals surface area (Å²) in [7, 11) is 1.71. The van der Waals surface area contributed by atoms with Gasteiger partial charge < -0.3 is 5.32 Å². The van der Waals surface area contributed by atoms with Gasteiger partial charge >= 0.3 is 0 Å². The van der Waals surface area contributed by atoms with E-state index in [2.05, 4.69) is 20.4 Å². The maximum absolute atomic E-state index is 13.1. The standard InChI is InChI=1S/C20H23FN6O2/c1-26-18-15(11-24-26)20(29)27(12-23-18)16(9-13-5-3-2-4-6-13)19(28)25-17-8-7-14(21)10-22-17/h7-8,10-13,16H,2-6,9H2,1H3,(H,22,25,28). The van der Waals surface area contributed by atoms with Crippen LogP contribution in [0, 0.1) is 11.7 Å². The summed E-state index contributed by atoms with van der Waals surface area (Å²) in [6, 6.07) is 1.90. The fourth-order valence-corrected chi connectivity index (χ4v) is 4.01. The highest BCUT2D eigenvalue weighted by Crippen LogP contribution is 2.31. The molecule has 1 aliphatic rings. The van der Waals surface area contributed by atoms with Crippen molar-refractivity contribution in [3.8, 4) is 0 Å². The van der Waals surface area contributed by atoms with Crippen LogP contribution in [0.15, 0.2) is 35.6 Å². The molecule has 152 valence electrons. The van der Waals surface area contributed by atoms with Crippen molar-refractivity contribution in [1.82, 2.24) is 24.3 Å². The van der Waals surface area contributed by atoms with Crippen molar-refractivity contribution in [2.45, 2.75) is 44.6 Å². The highest BCUT2D eigenvalue weighted by molar-refractivity contribution is 5.93. The number of rotatable bonds is 5. The van der Waals surface area contributed by atoms with Crippen LogP contribution in [0.3, 0.4) is 0 Å². The van der Waals surface area contributed by atoms with E-state index in [4.69, 9.17) is 0 Å². The van der Waals surface area contributed by atoms with Gasteiger partial charge in [0.05, 0.1) is 12.4 Å². The molecule has 1 atom stereocenters. The van der Waals surface area contributed by atoms with Gasteiger partial charge in [-0.3, -0.25) is 18.8 Å². The summed E-state index contributed by atoms with van der Waals surface area (Å²) >= 11 is 0. The number of hydrogen-bond acceptors (Lipinski definition) is 5. The van der Waals surface area contributed by atoms with E-state index >= 15 is 0 Å². The van der Waals surface area contributed by atoms with Crippen molar-refractivity contribution in [2.24, 2.45) is 13.0 Å². The molecule has 3 aromatic heterocycles.